The Hall–Kier alpha value is -2.00. The second-order valence-electron chi connectivity index (χ2n) is 6.24. The second-order valence-corrected chi connectivity index (χ2v) is 6.24. The van der Waals surface area contributed by atoms with Crippen LogP contribution in [0, 0.1) is 12.0 Å². The number of rotatable bonds is 1. The smallest absolute Gasteiger partial charge is 0.291 e. The molecule has 22 heavy (non-hydrogen) atoms. The summed E-state index contributed by atoms with van der Waals surface area (Å²) in [6, 6.07) is 5.92. The lowest BCUT2D eigenvalue weighted by Gasteiger charge is -2.40. The van der Waals surface area contributed by atoms with E-state index in [0.717, 1.165) is 0 Å². The topological polar surface area (TPSA) is 36.7 Å². The molecule has 0 bridgehead atoms. The van der Waals surface area contributed by atoms with Gasteiger partial charge in [-0.15, -0.1) is 0 Å². The molecule has 0 saturated carbocycles. The van der Waals surface area contributed by atoms with Crippen LogP contribution in [0.5, 0.6) is 0 Å². The van der Waals surface area contributed by atoms with Gasteiger partial charge >= 0.3 is 0 Å². The van der Waals surface area contributed by atoms with Crippen LogP contribution < -0.4 is 5.32 Å². The van der Waals surface area contributed by atoms with Crippen molar-refractivity contribution in [1.29, 1.82) is 0 Å². The van der Waals surface area contributed by atoms with E-state index < -0.39 is 23.4 Å². The van der Waals surface area contributed by atoms with Crippen molar-refractivity contribution < 1.29 is 13.6 Å². The summed E-state index contributed by atoms with van der Waals surface area (Å²) in [5.74, 6) is -3.98. The molecule has 0 radical (unpaired) electrons. The van der Waals surface area contributed by atoms with Crippen LogP contribution in [0.25, 0.3) is 4.85 Å². The van der Waals surface area contributed by atoms with Crippen molar-refractivity contribution in [3.05, 3.63) is 41.2 Å². The third-order valence-corrected chi connectivity index (χ3v) is 4.73. The fraction of sp³-hybridized carbons (Fsp3) is 0.500. The Morgan fingerprint density at radius 1 is 1.41 bits per heavy atom. The zero-order valence-corrected chi connectivity index (χ0v) is 12.4. The molecule has 116 valence electrons. The van der Waals surface area contributed by atoms with Gasteiger partial charge < -0.3 is 5.32 Å². The largest absolute Gasteiger partial charge is 0.325 e. The molecular weight excluding hydrogens is 288 g/mol. The highest BCUT2D eigenvalue weighted by Crippen LogP contribution is 2.57. The average Bonchev–Trinajstić information content (AvgIpc) is 2.88. The van der Waals surface area contributed by atoms with E-state index in [1.54, 1.807) is 17.0 Å². The Morgan fingerprint density at radius 2 is 2.09 bits per heavy atom. The van der Waals surface area contributed by atoms with E-state index in [9.17, 15) is 4.79 Å². The number of carbonyl (C=O) groups is 1. The molecule has 1 spiro atoms. The summed E-state index contributed by atoms with van der Waals surface area (Å²) >= 11 is 0. The maximum atomic E-state index is 15.2. The molecule has 2 heterocycles. The summed E-state index contributed by atoms with van der Waals surface area (Å²) in [7, 11) is 0. The van der Waals surface area contributed by atoms with Gasteiger partial charge in [0.1, 0.15) is 5.41 Å². The van der Waals surface area contributed by atoms with Crippen LogP contribution in [-0.2, 0) is 10.7 Å². The summed E-state index contributed by atoms with van der Waals surface area (Å²) in [4.78, 5) is 17.7. The molecule has 1 saturated heterocycles. The quantitative estimate of drug-likeness (QED) is 0.810. The maximum absolute atomic E-state index is 15.2. The van der Waals surface area contributed by atoms with E-state index >= 15 is 8.78 Å². The van der Waals surface area contributed by atoms with Gasteiger partial charge in [0.2, 0.25) is 5.91 Å². The summed E-state index contributed by atoms with van der Waals surface area (Å²) in [5.41, 5.74) is -1.88. The van der Waals surface area contributed by atoms with Crippen molar-refractivity contribution in [2.24, 2.45) is 5.41 Å². The molecular formula is C16H17F2N3O. The van der Waals surface area contributed by atoms with Crippen LogP contribution in [0.15, 0.2) is 24.3 Å². The van der Waals surface area contributed by atoms with Gasteiger partial charge in [-0.2, -0.15) is 8.78 Å². The van der Waals surface area contributed by atoms with Crippen molar-refractivity contribution in [3.8, 4) is 0 Å². The normalized spacial score (nSPS) is 30.2. The Bertz CT molecular complexity index is 668. The molecule has 2 aliphatic heterocycles. The lowest BCUT2D eigenvalue weighted by Crippen LogP contribution is -2.54. The molecule has 0 aliphatic carbocycles. The number of amides is 1. The highest BCUT2D eigenvalue weighted by molar-refractivity contribution is 6.00. The molecule has 0 aromatic heterocycles. The first-order valence-electron chi connectivity index (χ1n) is 7.24. The van der Waals surface area contributed by atoms with Crippen molar-refractivity contribution in [3.63, 3.8) is 0 Å². The summed E-state index contributed by atoms with van der Waals surface area (Å²) < 4.78 is 30.3. The van der Waals surface area contributed by atoms with Crippen LogP contribution >= 0.6 is 0 Å². The van der Waals surface area contributed by atoms with Gasteiger partial charge in [-0.05, 0) is 19.9 Å². The average molecular weight is 305 g/mol. The number of likely N-dealkylation sites (tertiary alicyclic amines) is 1. The van der Waals surface area contributed by atoms with Gasteiger partial charge in [-0.25, -0.2) is 11.5 Å². The number of hydrogen-bond acceptors (Lipinski definition) is 2. The van der Waals surface area contributed by atoms with Gasteiger partial charge in [0.15, 0.2) is 0 Å². The first-order chi connectivity index (χ1) is 10.3. The molecule has 1 aromatic carbocycles. The summed E-state index contributed by atoms with van der Waals surface area (Å²) in [6.45, 7) is 10.9. The fourth-order valence-corrected chi connectivity index (χ4v) is 3.46. The van der Waals surface area contributed by atoms with Gasteiger partial charge in [0.05, 0.1) is 6.42 Å². The van der Waals surface area contributed by atoms with Gasteiger partial charge in [-0.1, -0.05) is 18.2 Å². The molecule has 3 rings (SSSR count). The zero-order chi connectivity index (χ0) is 16.1. The van der Waals surface area contributed by atoms with Crippen molar-refractivity contribution in [1.82, 2.24) is 4.90 Å². The van der Waals surface area contributed by atoms with Crippen LogP contribution in [0.3, 0.4) is 0 Å². The Balaban J connectivity index is 2.12. The first-order valence-corrected chi connectivity index (χ1v) is 7.24. The van der Waals surface area contributed by atoms with Crippen LogP contribution in [-0.4, -0.2) is 29.6 Å². The van der Waals surface area contributed by atoms with Crippen molar-refractivity contribution >= 4 is 11.6 Å². The third kappa shape index (κ3) is 1.78. The summed E-state index contributed by atoms with van der Waals surface area (Å²) in [5, 5.41) is 2.60. The van der Waals surface area contributed by atoms with Crippen LogP contribution in [0.4, 0.5) is 14.5 Å². The molecule has 1 aromatic rings. The van der Waals surface area contributed by atoms with E-state index in [1.165, 1.54) is 12.1 Å². The van der Waals surface area contributed by atoms with E-state index in [0.29, 0.717) is 0 Å². The SMILES string of the molecule is [C-]#[N+][C@@H]1C[C@@]2(CN1C(C)C)C(=O)Nc1ccccc1C2(F)F. The van der Waals surface area contributed by atoms with Gasteiger partial charge in [-0.3, -0.25) is 9.64 Å². The lowest BCUT2D eigenvalue weighted by atomic mass is 9.73. The Labute approximate surface area is 127 Å². The highest BCUT2D eigenvalue weighted by atomic mass is 19.3. The maximum Gasteiger partial charge on any atom is 0.291 e. The number of halogens is 2. The molecule has 6 heteroatoms. The number of nitrogens with one attached hydrogen (secondary N) is 1. The standard InChI is InChI=1S/C16H17F2N3O/c1-10(2)21-9-15(8-13(21)19-3)14(22)20-12-7-5-4-6-11(12)16(15,17)18/h4-7,10,13H,8-9H2,1-2H3,(H,20,22)/t13-,15+/m0/s1. The zero-order valence-electron chi connectivity index (χ0n) is 12.4. The highest BCUT2D eigenvalue weighted by Gasteiger charge is 2.69. The minimum atomic E-state index is -3.29. The number of anilines is 1. The number of para-hydroxylation sites is 1. The lowest BCUT2D eigenvalue weighted by molar-refractivity contribution is -0.160. The van der Waals surface area contributed by atoms with Gasteiger partial charge in [0.25, 0.3) is 12.1 Å². The third-order valence-electron chi connectivity index (χ3n) is 4.73. The van der Waals surface area contributed by atoms with Crippen LogP contribution in [0.2, 0.25) is 0 Å². The molecule has 1 N–H and O–H groups in total. The molecule has 1 fully saturated rings. The molecule has 4 nitrogen and oxygen atoms in total. The van der Waals surface area contributed by atoms with Crippen LogP contribution in [0.1, 0.15) is 25.8 Å². The number of fused-ring (bicyclic) bond motifs is 1. The van der Waals surface area contributed by atoms with Gasteiger partial charge in [0, 0.05) is 23.8 Å². The van der Waals surface area contributed by atoms with E-state index in [2.05, 4.69) is 10.2 Å². The Morgan fingerprint density at radius 3 is 2.68 bits per heavy atom. The predicted octanol–water partition coefficient (Wildman–Crippen LogP) is 3.08. The van der Waals surface area contributed by atoms with E-state index in [1.807, 2.05) is 13.8 Å². The monoisotopic (exact) mass is 305 g/mol. The number of alkyl halides is 2. The molecule has 1 amide bonds. The number of carbonyl (C=O) groups excluding carboxylic acids is 1. The first kappa shape index (κ1) is 14.9. The summed E-state index contributed by atoms with van der Waals surface area (Å²) in [6.07, 6.45) is -0.844. The fourth-order valence-electron chi connectivity index (χ4n) is 3.46. The molecule has 2 aliphatic rings. The minimum Gasteiger partial charge on any atom is -0.325 e. The predicted molar refractivity (Wildman–Crippen MR) is 78.2 cm³/mol. The number of hydrogen-bond donors (Lipinski definition) is 1. The Kier molecular flexibility index (Phi) is 3.22. The van der Waals surface area contributed by atoms with E-state index in [-0.39, 0.29) is 30.3 Å². The minimum absolute atomic E-state index is 0.0701. The molecule has 2 atom stereocenters. The molecule has 0 unspecified atom stereocenters. The number of benzene rings is 1. The van der Waals surface area contributed by atoms with Crippen molar-refractivity contribution in [2.75, 3.05) is 11.9 Å². The van der Waals surface area contributed by atoms with Crippen molar-refractivity contribution in [2.45, 2.75) is 38.4 Å². The van der Waals surface area contributed by atoms with E-state index in [4.69, 9.17) is 6.57 Å². The second kappa shape index (κ2) is 4.75. The number of nitrogens with zero attached hydrogens (tertiary/aromatic N) is 2.